The van der Waals surface area contributed by atoms with Gasteiger partial charge in [-0.15, -0.1) is 0 Å². The van der Waals surface area contributed by atoms with Gasteiger partial charge in [0.15, 0.2) is 6.10 Å². The Morgan fingerprint density at radius 3 is 1.02 bits per heavy atom. The average Bonchev–Trinajstić information content (AvgIpc) is 3.61. The highest BCUT2D eigenvalue weighted by molar-refractivity contribution is 7.45. The molecule has 2 unspecified atom stereocenters. The van der Waals surface area contributed by atoms with E-state index in [2.05, 4.69) is 135 Å². The molecule has 0 saturated carbocycles. The van der Waals surface area contributed by atoms with Crippen LogP contribution in [0.3, 0.4) is 0 Å². The highest BCUT2D eigenvalue weighted by atomic mass is 31.2. The zero-order chi connectivity index (χ0) is 61.2. The van der Waals surface area contributed by atoms with Crippen LogP contribution < -0.4 is 4.89 Å². The number of nitrogens with zero attached hydrogens (tertiary/aromatic N) is 1. The summed E-state index contributed by atoms with van der Waals surface area (Å²) in [5.41, 5.74) is 0. The molecule has 9 nitrogen and oxygen atoms in total. The minimum Gasteiger partial charge on any atom is -0.756 e. The van der Waals surface area contributed by atoms with Gasteiger partial charge in [0.25, 0.3) is 7.82 Å². The summed E-state index contributed by atoms with van der Waals surface area (Å²) in [6, 6.07) is 0. The van der Waals surface area contributed by atoms with Gasteiger partial charge in [-0.25, -0.2) is 0 Å². The second kappa shape index (κ2) is 63.9. The molecule has 0 aromatic carbocycles. The van der Waals surface area contributed by atoms with Crippen LogP contribution in [0, 0.1) is 0 Å². The fraction of sp³-hybridized carbons (Fsp3) is 0.703. The van der Waals surface area contributed by atoms with E-state index < -0.39 is 26.5 Å². The van der Waals surface area contributed by atoms with Crippen LogP contribution in [0.2, 0.25) is 0 Å². The van der Waals surface area contributed by atoms with E-state index in [0.29, 0.717) is 17.4 Å². The number of hydrogen-bond donors (Lipinski definition) is 0. The molecular weight excluding hydrogens is 1060 g/mol. The van der Waals surface area contributed by atoms with Crippen LogP contribution in [0.1, 0.15) is 284 Å². The highest BCUT2D eigenvalue weighted by Crippen LogP contribution is 2.38. The smallest absolute Gasteiger partial charge is 0.306 e. The van der Waals surface area contributed by atoms with Crippen LogP contribution in [0.25, 0.3) is 0 Å². The van der Waals surface area contributed by atoms with Crippen LogP contribution >= 0.6 is 7.82 Å². The Balaban J connectivity index is 4.12. The van der Waals surface area contributed by atoms with Crippen LogP contribution in [0.4, 0.5) is 0 Å². The van der Waals surface area contributed by atoms with Crippen molar-refractivity contribution >= 4 is 19.8 Å². The Morgan fingerprint density at radius 2 is 0.679 bits per heavy atom. The number of carbonyl (C=O) groups is 2. The first-order chi connectivity index (χ1) is 41.0. The number of quaternary nitrogens is 1. The molecule has 0 aromatic heterocycles. The van der Waals surface area contributed by atoms with Crippen LogP contribution in [-0.4, -0.2) is 70.0 Å². The molecule has 0 N–H and O–H groups in total. The third-order valence-corrected chi connectivity index (χ3v) is 15.4. The molecule has 0 rings (SSSR count). The molecular formula is C74H128NO8P. The predicted octanol–water partition coefficient (Wildman–Crippen LogP) is 21.6. The van der Waals surface area contributed by atoms with Crippen molar-refractivity contribution in [1.29, 1.82) is 0 Å². The van der Waals surface area contributed by atoms with Gasteiger partial charge >= 0.3 is 11.9 Å². The lowest BCUT2D eigenvalue weighted by Crippen LogP contribution is -2.37. The maximum Gasteiger partial charge on any atom is 0.306 e. The number of esters is 2. The third-order valence-electron chi connectivity index (χ3n) is 14.5. The summed E-state index contributed by atoms with van der Waals surface area (Å²) < 4.78 is 34.3. The zero-order valence-electron chi connectivity index (χ0n) is 54.8. The minimum atomic E-state index is -4.65. The maximum atomic E-state index is 12.9. The van der Waals surface area contributed by atoms with Gasteiger partial charge in [-0.1, -0.05) is 283 Å². The summed E-state index contributed by atoms with van der Waals surface area (Å²) >= 11 is 0. The molecule has 0 aliphatic heterocycles. The number of ether oxygens (including phenoxy) is 2. The molecule has 0 fully saturated rings. The average molecular weight is 1190 g/mol. The largest absolute Gasteiger partial charge is 0.756 e. The quantitative estimate of drug-likeness (QED) is 0.0195. The van der Waals surface area contributed by atoms with Gasteiger partial charge in [0.1, 0.15) is 19.8 Å². The monoisotopic (exact) mass is 1190 g/mol. The fourth-order valence-corrected chi connectivity index (χ4v) is 9.96. The van der Waals surface area contributed by atoms with Crippen LogP contribution in [-0.2, 0) is 32.7 Å². The van der Waals surface area contributed by atoms with Gasteiger partial charge in [0, 0.05) is 12.8 Å². The second-order valence-corrected chi connectivity index (χ2v) is 25.2. The lowest BCUT2D eigenvalue weighted by Gasteiger charge is -2.28. The maximum absolute atomic E-state index is 12.9. The number of phosphoric ester groups is 1. The number of allylic oxidation sites excluding steroid dienone is 20. The molecule has 0 heterocycles. The SMILES string of the molecule is CC/C=C\C/C=C\C/C=C\C/C=C\C/C=C\C/C=C\C/C=C\C/C=C\C/C=C\CCCCCCCCCCCC(=O)OC(COC(=O)CCCCCCCCCCCCC/C=C\CCCCCCCCCC)COP(=O)([O-])OCC[N+](C)(C)C. The molecule has 0 radical (unpaired) electrons. The molecule has 0 amide bonds. The molecule has 0 spiro atoms. The Morgan fingerprint density at radius 1 is 0.381 bits per heavy atom. The van der Waals surface area contributed by atoms with Crippen LogP contribution in [0.15, 0.2) is 122 Å². The van der Waals surface area contributed by atoms with Gasteiger partial charge in [0.2, 0.25) is 0 Å². The van der Waals surface area contributed by atoms with E-state index in [-0.39, 0.29) is 32.0 Å². The first-order valence-electron chi connectivity index (χ1n) is 34.2. The van der Waals surface area contributed by atoms with Gasteiger partial charge in [-0.2, -0.15) is 0 Å². The number of likely N-dealkylation sites (N-methyl/N-ethyl adjacent to an activating group) is 1. The summed E-state index contributed by atoms with van der Waals surface area (Å²) in [5, 5.41) is 0. The highest BCUT2D eigenvalue weighted by Gasteiger charge is 2.22. The molecule has 84 heavy (non-hydrogen) atoms. The Labute approximate surface area is 518 Å². The molecule has 2 atom stereocenters. The van der Waals surface area contributed by atoms with Crippen molar-refractivity contribution in [2.45, 2.75) is 290 Å². The van der Waals surface area contributed by atoms with E-state index >= 15 is 0 Å². The normalized spacial score (nSPS) is 13.9. The summed E-state index contributed by atoms with van der Waals surface area (Å²) in [6.07, 6.45) is 91.2. The van der Waals surface area contributed by atoms with E-state index in [1.165, 1.54) is 148 Å². The van der Waals surface area contributed by atoms with E-state index in [9.17, 15) is 19.0 Å². The Kier molecular flexibility index (Phi) is 61.2. The lowest BCUT2D eigenvalue weighted by atomic mass is 10.0. The minimum absolute atomic E-state index is 0.0368. The first kappa shape index (κ1) is 80.4. The molecule has 482 valence electrons. The van der Waals surface area contributed by atoms with E-state index in [1.807, 2.05) is 21.1 Å². The summed E-state index contributed by atoms with van der Waals surface area (Å²) in [7, 11) is 1.15. The van der Waals surface area contributed by atoms with Crippen molar-refractivity contribution in [3.63, 3.8) is 0 Å². The van der Waals surface area contributed by atoms with Crippen molar-refractivity contribution in [3.05, 3.63) is 122 Å². The Bertz CT molecular complexity index is 1830. The molecule has 10 heteroatoms. The van der Waals surface area contributed by atoms with E-state index in [4.69, 9.17) is 18.5 Å². The fourth-order valence-electron chi connectivity index (χ4n) is 9.23. The molecule has 0 aliphatic carbocycles. The van der Waals surface area contributed by atoms with Gasteiger partial charge in [0.05, 0.1) is 27.7 Å². The van der Waals surface area contributed by atoms with Gasteiger partial charge < -0.3 is 27.9 Å². The summed E-state index contributed by atoms with van der Waals surface area (Å²) in [6.45, 7) is 4.13. The third kappa shape index (κ3) is 67.5. The number of unbranched alkanes of at least 4 members (excludes halogenated alkanes) is 28. The van der Waals surface area contributed by atoms with Crippen LogP contribution in [0.5, 0.6) is 0 Å². The van der Waals surface area contributed by atoms with Gasteiger partial charge in [-0.3, -0.25) is 14.2 Å². The second-order valence-electron chi connectivity index (χ2n) is 23.8. The molecule has 0 aromatic rings. The Hall–Kier alpha value is -3.59. The molecule has 0 bridgehead atoms. The number of phosphoric acid groups is 1. The standard InChI is InChI=1S/C74H128NO8P/c1-6-8-10-12-14-16-18-20-22-24-26-28-30-31-32-33-34-35-36-37-38-39-40-41-42-43-45-47-49-51-53-55-57-59-61-63-65-67-74(77)83-72(71-82-84(78,79)81-69-68-75(3,4)5)70-80-73(76)66-64-62-60-58-56-54-52-50-48-46-44-29-27-25-23-21-19-17-15-13-11-9-7-2/h8,10,14,16,20,22,25-28,31-32,34-35,37-38,40-41,43,45,72H,6-7,9,11-13,15,17-19,21,23-24,29-30,33,36,39,42,44,46-71H2,1-5H3/b10-8-,16-14-,22-20-,27-25-,28-26-,32-31-,35-34-,38-37-,41-40-,45-43-. The van der Waals surface area contributed by atoms with Crippen molar-refractivity contribution in [2.75, 3.05) is 47.5 Å². The van der Waals surface area contributed by atoms with Crippen molar-refractivity contribution in [2.24, 2.45) is 0 Å². The molecule has 0 aliphatic rings. The lowest BCUT2D eigenvalue weighted by molar-refractivity contribution is -0.870. The predicted molar refractivity (Wildman–Crippen MR) is 360 cm³/mol. The van der Waals surface area contributed by atoms with Gasteiger partial charge in [-0.05, 0) is 109 Å². The number of rotatable bonds is 62. The topological polar surface area (TPSA) is 111 Å². The summed E-state index contributed by atoms with van der Waals surface area (Å²) in [5.74, 6) is -0.840. The van der Waals surface area contributed by atoms with E-state index in [0.717, 1.165) is 103 Å². The molecule has 0 saturated heterocycles. The first-order valence-corrected chi connectivity index (χ1v) is 35.7. The van der Waals surface area contributed by atoms with E-state index in [1.54, 1.807) is 0 Å². The number of hydrogen-bond acceptors (Lipinski definition) is 8. The number of carbonyl (C=O) groups excluding carboxylic acids is 2. The van der Waals surface area contributed by atoms with Crippen molar-refractivity contribution < 1.29 is 42.1 Å². The zero-order valence-corrected chi connectivity index (χ0v) is 55.7. The van der Waals surface area contributed by atoms with Crippen molar-refractivity contribution in [1.82, 2.24) is 0 Å². The summed E-state index contributed by atoms with van der Waals surface area (Å²) in [4.78, 5) is 38.0. The van der Waals surface area contributed by atoms with Crippen molar-refractivity contribution in [3.8, 4) is 0 Å².